The van der Waals surface area contributed by atoms with E-state index in [1.54, 1.807) is 10.5 Å². The van der Waals surface area contributed by atoms with E-state index in [0.717, 1.165) is 22.6 Å². The summed E-state index contributed by atoms with van der Waals surface area (Å²) < 4.78 is 39.3. The van der Waals surface area contributed by atoms with E-state index in [1.165, 1.54) is 6.26 Å². The molecule has 39 heavy (non-hydrogen) atoms. The van der Waals surface area contributed by atoms with Crippen LogP contribution in [0.15, 0.2) is 47.2 Å². The Labute approximate surface area is 232 Å². The van der Waals surface area contributed by atoms with E-state index in [1.807, 2.05) is 36.5 Å². The van der Waals surface area contributed by atoms with Crippen molar-refractivity contribution in [1.29, 1.82) is 0 Å². The molecule has 0 bridgehead atoms. The molecule has 10 heteroatoms. The number of imidazole rings is 1. The first-order valence-electron chi connectivity index (χ1n) is 13.4. The Bertz CT molecular complexity index is 1500. The van der Waals surface area contributed by atoms with Gasteiger partial charge in [0.25, 0.3) is 0 Å². The lowest BCUT2D eigenvalue weighted by molar-refractivity contribution is 0.189. The molecule has 0 spiro atoms. The lowest BCUT2D eigenvalue weighted by atomic mass is 10.1. The first-order chi connectivity index (χ1) is 18.2. The van der Waals surface area contributed by atoms with Gasteiger partial charge in [-0.1, -0.05) is 37.8 Å². The molecule has 2 aromatic heterocycles. The average molecular weight is 567 g/mol. The summed E-state index contributed by atoms with van der Waals surface area (Å²) in [6.07, 6.45) is 4.92. The molecule has 2 fully saturated rings. The van der Waals surface area contributed by atoms with E-state index >= 15 is 0 Å². The fourth-order valence-electron chi connectivity index (χ4n) is 5.04. The van der Waals surface area contributed by atoms with Gasteiger partial charge in [0, 0.05) is 48.6 Å². The van der Waals surface area contributed by atoms with Crippen LogP contribution in [0, 0.1) is 29.6 Å². The van der Waals surface area contributed by atoms with Crippen LogP contribution in [-0.4, -0.2) is 55.1 Å². The van der Waals surface area contributed by atoms with Crippen molar-refractivity contribution in [3.8, 4) is 23.2 Å². The Hall–Kier alpha value is -2.71. The first-order valence-corrected chi connectivity index (χ1v) is 18.2. The van der Waals surface area contributed by atoms with Gasteiger partial charge in [-0.25, -0.2) is 17.7 Å². The number of nitrogens with zero attached hydrogens (tertiary/aromatic N) is 4. The Balaban J connectivity index is 1.20. The van der Waals surface area contributed by atoms with Gasteiger partial charge in [-0.3, -0.25) is 0 Å². The molecule has 1 unspecified atom stereocenters. The van der Waals surface area contributed by atoms with E-state index in [-0.39, 0.29) is 11.1 Å². The zero-order valence-electron chi connectivity index (χ0n) is 23.8. The molecule has 8 nitrogen and oxygen atoms in total. The van der Waals surface area contributed by atoms with Gasteiger partial charge < -0.3 is 13.5 Å². The minimum atomic E-state index is -3.10. The molecular weight excluding hydrogens is 528 g/mol. The Kier molecular flexibility index (Phi) is 7.16. The van der Waals surface area contributed by atoms with Gasteiger partial charge in [-0.05, 0) is 61.2 Å². The second kappa shape index (κ2) is 10.0. The number of benzene rings is 1. The molecule has 1 aliphatic heterocycles. The van der Waals surface area contributed by atoms with Crippen molar-refractivity contribution >= 4 is 18.3 Å². The normalized spacial score (nSPS) is 22.3. The zero-order valence-corrected chi connectivity index (χ0v) is 25.6. The Morgan fingerprint density at radius 2 is 1.85 bits per heavy atom. The number of aromatic nitrogens is 3. The van der Waals surface area contributed by atoms with Crippen molar-refractivity contribution in [3.05, 3.63) is 59.8 Å². The molecule has 3 aromatic rings. The van der Waals surface area contributed by atoms with E-state index in [9.17, 15) is 8.42 Å². The van der Waals surface area contributed by atoms with E-state index in [2.05, 4.69) is 67.3 Å². The third kappa shape index (κ3) is 5.92. The van der Waals surface area contributed by atoms with Crippen molar-refractivity contribution in [1.82, 2.24) is 19.0 Å². The van der Waals surface area contributed by atoms with Gasteiger partial charge in [0.05, 0.1) is 12.8 Å². The molecule has 0 radical (unpaired) electrons. The number of hydrogen-bond donors (Lipinski definition) is 0. The summed E-state index contributed by atoms with van der Waals surface area (Å²) in [5.74, 6) is 9.23. The highest BCUT2D eigenvalue weighted by atomic mass is 32.2. The van der Waals surface area contributed by atoms with Gasteiger partial charge >= 0.3 is 0 Å². The van der Waals surface area contributed by atoms with Crippen molar-refractivity contribution in [2.45, 2.75) is 58.5 Å². The summed E-state index contributed by atoms with van der Waals surface area (Å²) >= 11 is 0. The lowest BCUT2D eigenvalue weighted by Gasteiger charge is -2.38. The topological polar surface area (TPSA) is 90.5 Å². The number of sulfonamides is 1. The number of piperidine rings is 1. The molecule has 1 aromatic carbocycles. The maximum absolute atomic E-state index is 11.7. The van der Waals surface area contributed by atoms with Crippen molar-refractivity contribution in [2.24, 2.45) is 17.8 Å². The zero-order chi connectivity index (χ0) is 28.2. The number of rotatable bonds is 7. The van der Waals surface area contributed by atoms with Crippen LogP contribution in [-0.2, 0) is 21.0 Å². The summed E-state index contributed by atoms with van der Waals surface area (Å²) in [6, 6.07) is 9.91. The minimum absolute atomic E-state index is 0.116. The summed E-state index contributed by atoms with van der Waals surface area (Å²) in [5.41, 5.74) is 2.69. The van der Waals surface area contributed by atoms with Gasteiger partial charge in [-0.2, -0.15) is 0 Å². The van der Waals surface area contributed by atoms with Crippen LogP contribution in [0.5, 0.6) is 0 Å². The fourth-order valence-corrected chi connectivity index (χ4v) is 7.27. The second-order valence-electron chi connectivity index (χ2n) is 12.4. The van der Waals surface area contributed by atoms with Gasteiger partial charge in [0.2, 0.25) is 10.0 Å². The predicted molar refractivity (Wildman–Crippen MR) is 154 cm³/mol. The lowest BCUT2D eigenvalue weighted by Crippen LogP contribution is -2.41. The molecule has 1 saturated heterocycles. The largest absolute Gasteiger partial charge is 0.407 e. The average Bonchev–Trinajstić information content (AvgIpc) is 3.33. The van der Waals surface area contributed by atoms with Crippen molar-refractivity contribution < 1.29 is 17.4 Å². The van der Waals surface area contributed by atoms with Crippen LogP contribution in [0.1, 0.15) is 50.9 Å². The van der Waals surface area contributed by atoms with E-state index in [0.29, 0.717) is 43.1 Å². The molecule has 0 amide bonds. The first kappa shape index (κ1) is 27.8. The molecule has 3 heterocycles. The highest BCUT2D eigenvalue weighted by Crippen LogP contribution is 2.51. The smallest absolute Gasteiger partial charge is 0.211 e. The van der Waals surface area contributed by atoms with Crippen LogP contribution in [0.3, 0.4) is 0 Å². The summed E-state index contributed by atoms with van der Waals surface area (Å²) in [7, 11) is -5.02. The van der Waals surface area contributed by atoms with Crippen LogP contribution in [0.25, 0.3) is 11.3 Å². The van der Waals surface area contributed by atoms with Crippen molar-refractivity contribution in [2.75, 3.05) is 19.3 Å². The summed E-state index contributed by atoms with van der Waals surface area (Å²) in [6.45, 7) is 15.0. The van der Waals surface area contributed by atoms with Crippen LogP contribution >= 0.6 is 0 Å². The van der Waals surface area contributed by atoms with Gasteiger partial charge in [0.1, 0.15) is 17.6 Å². The third-order valence-corrected chi connectivity index (χ3v) is 14.3. The van der Waals surface area contributed by atoms with E-state index < -0.39 is 18.3 Å². The quantitative estimate of drug-likeness (QED) is 0.290. The molecule has 1 saturated carbocycles. The maximum atomic E-state index is 11.7. The molecule has 1 aliphatic carbocycles. The fraction of sp³-hybridized carbons (Fsp3) is 0.517. The highest BCUT2D eigenvalue weighted by Gasteiger charge is 2.56. The van der Waals surface area contributed by atoms with E-state index in [4.69, 9.17) is 8.95 Å². The van der Waals surface area contributed by atoms with Crippen molar-refractivity contribution in [3.63, 3.8) is 0 Å². The number of hydrogen-bond acceptors (Lipinski definition) is 6. The molecule has 2 aliphatic rings. The Morgan fingerprint density at radius 3 is 2.46 bits per heavy atom. The Morgan fingerprint density at radius 1 is 1.18 bits per heavy atom. The summed E-state index contributed by atoms with van der Waals surface area (Å²) in [4.78, 5) is 4.58. The van der Waals surface area contributed by atoms with Gasteiger partial charge in [0.15, 0.2) is 14.1 Å². The van der Waals surface area contributed by atoms with Crippen LogP contribution in [0.2, 0.25) is 18.1 Å². The highest BCUT2D eigenvalue weighted by molar-refractivity contribution is 7.88. The van der Waals surface area contributed by atoms with Crippen LogP contribution in [0.4, 0.5) is 0 Å². The minimum Gasteiger partial charge on any atom is -0.407 e. The predicted octanol–water partition coefficient (Wildman–Crippen LogP) is 5.16. The number of fused-ring (bicyclic) bond motifs is 1. The molecule has 5 rings (SSSR count). The monoisotopic (exact) mass is 566 g/mol. The third-order valence-electron chi connectivity index (χ3n) is 8.46. The molecule has 4 atom stereocenters. The van der Waals surface area contributed by atoms with Crippen LogP contribution < -0.4 is 0 Å². The SMILES string of the molecule is CC(O[Si](C)(C)C(C)(C)C)c1nccn1Cc1cc(-c2ccc(C#C[C@@H]3[C@H]4CN(S(C)(=O)=O)C[C@@H]34)cc2)on1. The second-order valence-corrected chi connectivity index (χ2v) is 19.1. The molecule has 208 valence electrons. The molecule has 0 N–H and O–H groups in total. The molecular formula is C29H38N4O4SSi. The summed E-state index contributed by atoms with van der Waals surface area (Å²) in [5, 5.41) is 4.42. The maximum Gasteiger partial charge on any atom is 0.211 e. The standard InChI is InChI=1S/C29H38N4O4SSi/c1-20(37-39(6,7)29(2,3)4)28-30-14-15-32(28)17-23-16-27(36-31-23)22-11-8-21(9-12-22)10-13-24-25-18-33(19-26(24)25)38(5,34)35/h8-9,11-12,14-16,20,24-26H,17-19H2,1-7H3/t20?,24-,25-,26+. The van der Waals surface area contributed by atoms with Gasteiger partial charge in [-0.15, -0.1) is 0 Å².